The molecular formula is C19H23N2O2S+. The van der Waals surface area contributed by atoms with E-state index < -0.39 is 0 Å². The number of amides is 1. The van der Waals surface area contributed by atoms with Crippen molar-refractivity contribution >= 4 is 23.0 Å². The lowest BCUT2D eigenvalue weighted by Crippen LogP contribution is -3.08. The van der Waals surface area contributed by atoms with Gasteiger partial charge in [-0.1, -0.05) is 24.3 Å². The smallest absolute Gasteiger partial charge is 0.261 e. The van der Waals surface area contributed by atoms with Crippen molar-refractivity contribution in [2.75, 3.05) is 13.1 Å². The average Bonchev–Trinajstić information content (AvgIpc) is 3.25. The van der Waals surface area contributed by atoms with Crippen LogP contribution in [-0.2, 0) is 13.1 Å². The highest BCUT2D eigenvalue weighted by Gasteiger charge is 2.17. The van der Waals surface area contributed by atoms with Crippen LogP contribution in [0.4, 0.5) is 0 Å². The van der Waals surface area contributed by atoms with E-state index >= 15 is 0 Å². The molecule has 5 heteroatoms. The van der Waals surface area contributed by atoms with Crippen molar-refractivity contribution in [3.05, 3.63) is 57.3 Å². The van der Waals surface area contributed by atoms with Gasteiger partial charge in [-0.3, -0.25) is 9.59 Å². The van der Waals surface area contributed by atoms with Gasteiger partial charge in [-0.2, -0.15) is 0 Å². The number of rotatable bonds is 6. The monoisotopic (exact) mass is 343 g/mol. The molecule has 3 rings (SSSR count). The van der Waals surface area contributed by atoms with Gasteiger partial charge in [0.1, 0.15) is 6.54 Å². The number of Topliss-reactive ketones (excluding diaryl/α,β-unsaturated/α-hetero) is 1. The fourth-order valence-corrected chi connectivity index (χ4v) is 3.95. The van der Waals surface area contributed by atoms with E-state index in [1.807, 2.05) is 6.07 Å². The summed E-state index contributed by atoms with van der Waals surface area (Å²) < 4.78 is 0. The Kier molecular flexibility index (Phi) is 5.43. The normalized spacial score (nSPS) is 14.7. The van der Waals surface area contributed by atoms with Crippen molar-refractivity contribution < 1.29 is 14.5 Å². The summed E-state index contributed by atoms with van der Waals surface area (Å²) in [6.45, 7) is 5.55. The van der Waals surface area contributed by atoms with Crippen LogP contribution in [0.25, 0.3) is 0 Å². The quantitative estimate of drug-likeness (QED) is 0.789. The van der Waals surface area contributed by atoms with Gasteiger partial charge in [0, 0.05) is 24.9 Å². The zero-order valence-corrected chi connectivity index (χ0v) is 14.7. The number of ketones is 1. The first-order valence-electron chi connectivity index (χ1n) is 8.43. The first-order valence-corrected chi connectivity index (χ1v) is 9.24. The zero-order chi connectivity index (χ0) is 16.9. The predicted octanol–water partition coefficient (Wildman–Crippen LogP) is 2.06. The molecule has 2 heterocycles. The number of nitrogens with one attached hydrogen (secondary N) is 2. The van der Waals surface area contributed by atoms with Crippen molar-refractivity contribution in [1.29, 1.82) is 0 Å². The summed E-state index contributed by atoms with van der Waals surface area (Å²) in [7, 11) is 0. The fraction of sp³-hybridized carbons (Fsp3) is 0.368. The summed E-state index contributed by atoms with van der Waals surface area (Å²) >= 11 is 1.25. The van der Waals surface area contributed by atoms with E-state index in [9.17, 15) is 9.59 Å². The molecule has 0 atom stereocenters. The molecule has 1 aromatic heterocycles. The Labute approximate surface area is 146 Å². The van der Waals surface area contributed by atoms with Crippen molar-refractivity contribution in [3.8, 4) is 0 Å². The SMILES string of the molecule is CC(=O)c1ccc(C(=O)NCc2ccccc2C[NH+]2CCCC2)s1. The van der Waals surface area contributed by atoms with E-state index in [-0.39, 0.29) is 11.7 Å². The minimum absolute atomic E-state index is 0.00187. The van der Waals surface area contributed by atoms with Gasteiger partial charge < -0.3 is 10.2 Å². The molecule has 2 N–H and O–H groups in total. The third kappa shape index (κ3) is 4.10. The Morgan fingerprint density at radius 1 is 1.04 bits per heavy atom. The number of likely N-dealkylation sites (tertiary alicyclic amines) is 1. The summed E-state index contributed by atoms with van der Waals surface area (Å²) in [5.74, 6) is -0.117. The van der Waals surface area contributed by atoms with Crippen LogP contribution in [0, 0.1) is 0 Å². The van der Waals surface area contributed by atoms with Gasteiger partial charge in [0.2, 0.25) is 0 Å². The molecular weight excluding hydrogens is 320 g/mol. The molecule has 0 unspecified atom stereocenters. The second-order valence-electron chi connectivity index (χ2n) is 6.31. The molecule has 1 aliphatic rings. The van der Waals surface area contributed by atoms with Gasteiger partial charge >= 0.3 is 0 Å². The van der Waals surface area contributed by atoms with Gasteiger partial charge in [0.15, 0.2) is 5.78 Å². The van der Waals surface area contributed by atoms with Crippen LogP contribution >= 0.6 is 11.3 Å². The van der Waals surface area contributed by atoms with E-state index in [2.05, 4.69) is 23.5 Å². The van der Waals surface area contributed by atoms with Crippen molar-refractivity contribution in [2.45, 2.75) is 32.9 Å². The fourth-order valence-electron chi connectivity index (χ4n) is 3.14. The topological polar surface area (TPSA) is 50.6 Å². The summed E-state index contributed by atoms with van der Waals surface area (Å²) in [5, 5.41) is 2.98. The van der Waals surface area contributed by atoms with E-state index in [1.54, 1.807) is 17.0 Å². The summed E-state index contributed by atoms with van der Waals surface area (Å²) in [6, 6.07) is 11.8. The third-order valence-electron chi connectivity index (χ3n) is 4.49. The average molecular weight is 343 g/mol. The van der Waals surface area contributed by atoms with Crippen LogP contribution in [0.15, 0.2) is 36.4 Å². The molecule has 1 aliphatic heterocycles. The van der Waals surface area contributed by atoms with E-state index in [0.717, 1.165) is 6.54 Å². The van der Waals surface area contributed by atoms with E-state index in [4.69, 9.17) is 0 Å². The molecule has 4 nitrogen and oxygen atoms in total. The van der Waals surface area contributed by atoms with Crippen LogP contribution < -0.4 is 10.2 Å². The minimum Gasteiger partial charge on any atom is -0.347 e. The molecule has 1 amide bonds. The number of carbonyl (C=O) groups excluding carboxylic acids is 2. The summed E-state index contributed by atoms with van der Waals surface area (Å²) in [6.07, 6.45) is 2.62. The van der Waals surface area contributed by atoms with E-state index in [1.165, 1.54) is 55.3 Å². The van der Waals surface area contributed by atoms with Crippen molar-refractivity contribution in [2.24, 2.45) is 0 Å². The maximum Gasteiger partial charge on any atom is 0.261 e. The molecule has 0 spiro atoms. The van der Waals surface area contributed by atoms with Gasteiger partial charge in [0.25, 0.3) is 5.91 Å². The predicted molar refractivity (Wildman–Crippen MR) is 95.6 cm³/mol. The van der Waals surface area contributed by atoms with Crippen LogP contribution in [0.5, 0.6) is 0 Å². The standard InChI is InChI=1S/C19H22N2O2S/c1-14(22)17-8-9-18(24-17)19(23)20-12-15-6-2-3-7-16(15)13-21-10-4-5-11-21/h2-3,6-9H,4-5,10-13H2,1H3,(H,20,23)/p+1. The third-order valence-corrected chi connectivity index (χ3v) is 5.67. The summed E-state index contributed by atoms with van der Waals surface area (Å²) in [4.78, 5) is 26.5. The van der Waals surface area contributed by atoms with Gasteiger partial charge in [0.05, 0.1) is 22.8 Å². The highest BCUT2D eigenvalue weighted by molar-refractivity contribution is 7.15. The van der Waals surface area contributed by atoms with Crippen LogP contribution in [0.2, 0.25) is 0 Å². The number of thiophene rings is 1. The zero-order valence-electron chi connectivity index (χ0n) is 13.9. The number of hydrogen-bond acceptors (Lipinski definition) is 3. The molecule has 0 bridgehead atoms. The van der Waals surface area contributed by atoms with Crippen molar-refractivity contribution in [3.63, 3.8) is 0 Å². The maximum atomic E-state index is 12.3. The first kappa shape index (κ1) is 16.9. The van der Waals surface area contributed by atoms with Gasteiger partial charge in [-0.25, -0.2) is 0 Å². The molecule has 24 heavy (non-hydrogen) atoms. The lowest BCUT2D eigenvalue weighted by Gasteiger charge is -2.15. The second-order valence-corrected chi connectivity index (χ2v) is 7.39. The van der Waals surface area contributed by atoms with Crippen LogP contribution in [0.1, 0.15) is 50.2 Å². The Morgan fingerprint density at radius 3 is 2.38 bits per heavy atom. The number of carbonyl (C=O) groups is 2. The minimum atomic E-state index is -0.115. The van der Waals surface area contributed by atoms with Gasteiger partial charge in [-0.15, -0.1) is 11.3 Å². The highest BCUT2D eigenvalue weighted by Crippen LogP contribution is 2.17. The molecule has 1 aromatic carbocycles. The Hall–Kier alpha value is -1.98. The lowest BCUT2D eigenvalue weighted by molar-refractivity contribution is -0.901. The van der Waals surface area contributed by atoms with Crippen molar-refractivity contribution in [1.82, 2.24) is 5.32 Å². The molecule has 0 saturated carbocycles. The Bertz CT molecular complexity index is 732. The number of benzene rings is 1. The lowest BCUT2D eigenvalue weighted by atomic mass is 10.1. The molecule has 2 aromatic rings. The largest absolute Gasteiger partial charge is 0.347 e. The van der Waals surface area contributed by atoms with Gasteiger partial charge in [-0.05, 0) is 24.6 Å². The first-order chi connectivity index (χ1) is 11.6. The highest BCUT2D eigenvalue weighted by atomic mass is 32.1. The second kappa shape index (κ2) is 7.73. The molecule has 1 fully saturated rings. The molecule has 0 radical (unpaired) electrons. The number of hydrogen-bond donors (Lipinski definition) is 2. The maximum absolute atomic E-state index is 12.3. The van der Waals surface area contributed by atoms with E-state index in [0.29, 0.717) is 16.3 Å². The van der Waals surface area contributed by atoms with Crippen LogP contribution in [0.3, 0.4) is 0 Å². The molecule has 126 valence electrons. The van der Waals surface area contributed by atoms with Crippen LogP contribution in [-0.4, -0.2) is 24.8 Å². The molecule has 0 aliphatic carbocycles. The summed E-state index contributed by atoms with van der Waals surface area (Å²) in [5.41, 5.74) is 2.49. The Balaban J connectivity index is 1.63. The Morgan fingerprint density at radius 2 is 1.71 bits per heavy atom. The number of quaternary nitrogens is 1. The molecule has 1 saturated heterocycles.